The van der Waals surface area contributed by atoms with Gasteiger partial charge in [-0.15, -0.1) is 13.2 Å². The number of carbonyl (C=O) groups is 1. The molecule has 32 heavy (non-hydrogen) atoms. The van der Waals surface area contributed by atoms with Crippen LogP contribution in [-0.4, -0.2) is 27.9 Å². The third-order valence-corrected chi connectivity index (χ3v) is 5.01. The molecule has 0 bridgehead atoms. The normalized spacial score (nSPS) is 12.4. The SMILES string of the molecule is CCCCC[C@H](C)NC(=O)c1cncn1-c1cccc(-c2cccc(OC(F)(F)F)c2)c1. The summed E-state index contributed by atoms with van der Waals surface area (Å²) in [6, 6.07) is 13.0. The highest BCUT2D eigenvalue weighted by Gasteiger charge is 2.31. The fourth-order valence-electron chi connectivity index (χ4n) is 3.45. The van der Waals surface area contributed by atoms with E-state index >= 15 is 0 Å². The number of unbranched alkanes of at least 4 members (excludes halogenated alkanes) is 2. The van der Waals surface area contributed by atoms with E-state index in [0.717, 1.165) is 25.7 Å². The molecule has 1 atom stereocenters. The van der Waals surface area contributed by atoms with E-state index in [0.29, 0.717) is 22.5 Å². The first-order chi connectivity index (χ1) is 15.3. The van der Waals surface area contributed by atoms with Gasteiger partial charge in [-0.2, -0.15) is 0 Å². The number of aromatic nitrogens is 2. The summed E-state index contributed by atoms with van der Waals surface area (Å²) in [6.07, 6.45) is 2.48. The van der Waals surface area contributed by atoms with E-state index in [1.807, 2.05) is 13.0 Å². The highest BCUT2D eigenvalue weighted by molar-refractivity contribution is 5.93. The number of ether oxygens (including phenoxy) is 1. The molecule has 1 aromatic heterocycles. The van der Waals surface area contributed by atoms with Crippen LogP contribution < -0.4 is 10.1 Å². The lowest BCUT2D eigenvalue weighted by molar-refractivity contribution is -0.274. The molecule has 0 saturated carbocycles. The number of nitrogens with zero attached hydrogens (tertiary/aromatic N) is 2. The molecule has 0 fully saturated rings. The Morgan fingerprint density at radius 3 is 2.56 bits per heavy atom. The molecule has 0 spiro atoms. The Labute approximate surface area is 185 Å². The number of amides is 1. The van der Waals surface area contributed by atoms with Crippen LogP contribution in [0.15, 0.2) is 61.1 Å². The van der Waals surface area contributed by atoms with Gasteiger partial charge in [0.1, 0.15) is 11.4 Å². The first kappa shape index (κ1) is 23.4. The fraction of sp³-hybridized carbons (Fsp3) is 0.333. The smallest absolute Gasteiger partial charge is 0.406 e. The van der Waals surface area contributed by atoms with Gasteiger partial charge in [-0.25, -0.2) is 4.98 Å². The predicted octanol–water partition coefficient (Wildman–Crippen LogP) is 6.14. The van der Waals surface area contributed by atoms with Gasteiger partial charge in [-0.05, 0) is 48.7 Å². The standard InChI is InChI=1S/C24H26F3N3O2/c1-3-4-5-8-17(2)29-23(31)22-15-28-16-30(22)20-11-6-9-18(13-20)19-10-7-12-21(14-19)32-24(25,26)27/h6-7,9-17H,3-5,8H2,1-2H3,(H,29,31)/t17-/m0/s1. The minimum absolute atomic E-state index is 0.0418. The van der Waals surface area contributed by atoms with E-state index in [9.17, 15) is 18.0 Å². The van der Waals surface area contributed by atoms with E-state index in [1.165, 1.54) is 24.4 Å². The maximum Gasteiger partial charge on any atom is 0.573 e. The monoisotopic (exact) mass is 445 g/mol. The Balaban J connectivity index is 1.80. The second kappa shape index (κ2) is 10.3. The molecule has 3 aromatic rings. The lowest BCUT2D eigenvalue weighted by atomic mass is 10.0. The summed E-state index contributed by atoms with van der Waals surface area (Å²) in [6.45, 7) is 4.11. The Morgan fingerprint density at radius 2 is 1.84 bits per heavy atom. The fourth-order valence-corrected chi connectivity index (χ4v) is 3.45. The first-order valence-corrected chi connectivity index (χ1v) is 10.6. The predicted molar refractivity (Wildman–Crippen MR) is 117 cm³/mol. The Morgan fingerprint density at radius 1 is 1.12 bits per heavy atom. The van der Waals surface area contributed by atoms with Gasteiger partial charge in [0.15, 0.2) is 0 Å². The quantitative estimate of drug-likeness (QED) is 0.403. The van der Waals surface area contributed by atoms with Crippen LogP contribution in [0.1, 0.15) is 50.0 Å². The number of benzene rings is 2. The van der Waals surface area contributed by atoms with Crippen LogP contribution in [0.25, 0.3) is 16.8 Å². The largest absolute Gasteiger partial charge is 0.573 e. The summed E-state index contributed by atoms with van der Waals surface area (Å²) in [5, 5.41) is 3.00. The minimum Gasteiger partial charge on any atom is -0.406 e. The average molecular weight is 445 g/mol. The molecule has 1 heterocycles. The van der Waals surface area contributed by atoms with Crippen molar-refractivity contribution >= 4 is 5.91 Å². The average Bonchev–Trinajstić information content (AvgIpc) is 3.23. The van der Waals surface area contributed by atoms with E-state index in [2.05, 4.69) is 22.0 Å². The van der Waals surface area contributed by atoms with Gasteiger partial charge in [-0.3, -0.25) is 9.36 Å². The lowest BCUT2D eigenvalue weighted by Gasteiger charge is -2.15. The Kier molecular flexibility index (Phi) is 7.56. The molecule has 0 aliphatic rings. The van der Waals surface area contributed by atoms with Crippen molar-refractivity contribution < 1.29 is 22.7 Å². The number of nitrogens with one attached hydrogen (secondary N) is 1. The zero-order valence-corrected chi connectivity index (χ0v) is 18.0. The summed E-state index contributed by atoms with van der Waals surface area (Å²) >= 11 is 0. The maximum atomic E-state index is 12.8. The highest BCUT2D eigenvalue weighted by atomic mass is 19.4. The molecule has 0 radical (unpaired) electrons. The van der Waals surface area contributed by atoms with Crippen LogP contribution >= 0.6 is 0 Å². The van der Waals surface area contributed by atoms with Gasteiger partial charge in [0.25, 0.3) is 5.91 Å². The number of alkyl halides is 3. The molecule has 1 amide bonds. The molecule has 1 N–H and O–H groups in total. The summed E-state index contributed by atoms with van der Waals surface area (Å²) in [4.78, 5) is 16.9. The zero-order valence-electron chi connectivity index (χ0n) is 18.0. The van der Waals surface area contributed by atoms with E-state index in [1.54, 1.807) is 35.2 Å². The molecule has 5 nitrogen and oxygen atoms in total. The number of imidazole rings is 1. The van der Waals surface area contributed by atoms with Crippen molar-refractivity contribution in [2.45, 2.75) is 51.9 Å². The van der Waals surface area contributed by atoms with Crippen molar-refractivity contribution in [3.8, 4) is 22.6 Å². The highest BCUT2D eigenvalue weighted by Crippen LogP contribution is 2.29. The van der Waals surface area contributed by atoms with Crippen LogP contribution in [0, 0.1) is 0 Å². The van der Waals surface area contributed by atoms with Gasteiger partial charge >= 0.3 is 6.36 Å². The summed E-state index contributed by atoms with van der Waals surface area (Å²) in [5.74, 6) is -0.516. The number of carbonyl (C=O) groups excluding carboxylic acids is 1. The molecular formula is C24H26F3N3O2. The third kappa shape index (κ3) is 6.35. The first-order valence-electron chi connectivity index (χ1n) is 10.6. The van der Waals surface area contributed by atoms with Crippen molar-refractivity contribution in [3.63, 3.8) is 0 Å². The van der Waals surface area contributed by atoms with E-state index in [4.69, 9.17) is 0 Å². The van der Waals surface area contributed by atoms with Gasteiger partial charge < -0.3 is 10.1 Å². The summed E-state index contributed by atoms with van der Waals surface area (Å²) in [5.41, 5.74) is 2.30. The van der Waals surface area contributed by atoms with Crippen LogP contribution in [-0.2, 0) is 0 Å². The molecule has 0 unspecified atom stereocenters. The van der Waals surface area contributed by atoms with E-state index < -0.39 is 6.36 Å². The van der Waals surface area contributed by atoms with Gasteiger partial charge in [-0.1, -0.05) is 50.5 Å². The van der Waals surface area contributed by atoms with Crippen molar-refractivity contribution in [3.05, 3.63) is 66.7 Å². The van der Waals surface area contributed by atoms with Crippen molar-refractivity contribution in [1.82, 2.24) is 14.9 Å². The molecule has 0 aliphatic heterocycles. The van der Waals surface area contributed by atoms with E-state index in [-0.39, 0.29) is 17.7 Å². The number of rotatable bonds is 9. The molecule has 3 rings (SSSR count). The van der Waals surface area contributed by atoms with Crippen molar-refractivity contribution in [2.24, 2.45) is 0 Å². The number of halogens is 3. The topological polar surface area (TPSA) is 56.2 Å². The Bertz CT molecular complexity index is 1050. The number of hydrogen-bond acceptors (Lipinski definition) is 3. The third-order valence-electron chi connectivity index (χ3n) is 5.01. The second-order valence-corrected chi connectivity index (χ2v) is 7.65. The maximum absolute atomic E-state index is 12.8. The molecule has 2 aromatic carbocycles. The van der Waals surface area contributed by atoms with Crippen molar-refractivity contribution in [1.29, 1.82) is 0 Å². The molecule has 0 saturated heterocycles. The zero-order chi connectivity index (χ0) is 23.1. The lowest BCUT2D eigenvalue weighted by Crippen LogP contribution is -2.33. The molecule has 0 aliphatic carbocycles. The van der Waals surface area contributed by atoms with Crippen LogP contribution in [0.5, 0.6) is 5.75 Å². The molecule has 170 valence electrons. The number of hydrogen-bond donors (Lipinski definition) is 1. The van der Waals surface area contributed by atoms with Gasteiger partial charge in [0.05, 0.1) is 12.5 Å². The van der Waals surface area contributed by atoms with Crippen LogP contribution in [0.3, 0.4) is 0 Å². The Hall–Kier alpha value is -3.29. The van der Waals surface area contributed by atoms with Gasteiger partial charge in [0, 0.05) is 11.7 Å². The van der Waals surface area contributed by atoms with Crippen LogP contribution in [0.4, 0.5) is 13.2 Å². The molecule has 8 heteroatoms. The summed E-state index contributed by atoms with van der Waals surface area (Å²) < 4.78 is 43.3. The van der Waals surface area contributed by atoms with Crippen LogP contribution in [0.2, 0.25) is 0 Å². The summed E-state index contributed by atoms with van der Waals surface area (Å²) in [7, 11) is 0. The molecular weight excluding hydrogens is 419 g/mol. The van der Waals surface area contributed by atoms with Gasteiger partial charge in [0.2, 0.25) is 0 Å². The van der Waals surface area contributed by atoms with Crippen molar-refractivity contribution in [2.75, 3.05) is 0 Å². The second-order valence-electron chi connectivity index (χ2n) is 7.65. The minimum atomic E-state index is -4.76.